The van der Waals surface area contributed by atoms with Crippen molar-refractivity contribution in [1.82, 2.24) is 15.1 Å². The molecule has 0 saturated heterocycles. The van der Waals surface area contributed by atoms with Crippen LogP contribution in [0.5, 0.6) is 0 Å². The number of nitrogens with one attached hydrogen (secondary N) is 2. The van der Waals surface area contributed by atoms with Gasteiger partial charge in [-0.1, -0.05) is 31.4 Å². The molecule has 5 nitrogen and oxygen atoms in total. The van der Waals surface area contributed by atoms with Gasteiger partial charge in [-0.15, -0.1) is 0 Å². The summed E-state index contributed by atoms with van der Waals surface area (Å²) in [7, 11) is 0. The number of hydrogen-bond acceptors (Lipinski definition) is 3. The lowest BCUT2D eigenvalue weighted by molar-refractivity contribution is -0.119. The van der Waals surface area contributed by atoms with E-state index in [9.17, 15) is 4.79 Å². The molecule has 0 radical (unpaired) electrons. The predicted molar refractivity (Wildman–Crippen MR) is 91.6 cm³/mol. The molecular weight excluding hydrogens is 288 g/mol. The maximum atomic E-state index is 12.1. The van der Waals surface area contributed by atoms with Gasteiger partial charge in [0.15, 0.2) is 0 Å². The molecule has 2 N–H and O–H groups in total. The van der Waals surface area contributed by atoms with Crippen molar-refractivity contribution in [2.75, 3.05) is 18.4 Å². The van der Waals surface area contributed by atoms with Crippen LogP contribution in [0.25, 0.3) is 5.69 Å². The standard InChI is InChI=1S/C18H24N4O/c23-18(20-13-15-7-2-1-3-8-15)14-19-16-9-4-5-10-17(16)22-12-6-11-21-22/h4-6,9-12,15,19H,1-3,7-8,13-14H2,(H,20,23). The second-order valence-corrected chi connectivity index (χ2v) is 6.13. The number of para-hydroxylation sites is 2. The molecule has 0 aliphatic heterocycles. The smallest absolute Gasteiger partial charge is 0.239 e. The molecule has 23 heavy (non-hydrogen) atoms. The Morgan fingerprint density at radius 1 is 1.17 bits per heavy atom. The topological polar surface area (TPSA) is 59.0 Å². The van der Waals surface area contributed by atoms with Crippen LogP contribution in [0.3, 0.4) is 0 Å². The third-order valence-corrected chi connectivity index (χ3v) is 4.41. The number of rotatable bonds is 6. The van der Waals surface area contributed by atoms with Gasteiger partial charge in [0, 0.05) is 18.9 Å². The number of hydrogen-bond donors (Lipinski definition) is 2. The third-order valence-electron chi connectivity index (χ3n) is 4.41. The minimum absolute atomic E-state index is 0.0471. The molecule has 0 atom stereocenters. The van der Waals surface area contributed by atoms with Crippen LogP contribution in [-0.4, -0.2) is 28.8 Å². The highest BCUT2D eigenvalue weighted by Crippen LogP contribution is 2.22. The van der Waals surface area contributed by atoms with Crippen molar-refractivity contribution in [3.8, 4) is 5.69 Å². The molecule has 0 bridgehead atoms. The summed E-state index contributed by atoms with van der Waals surface area (Å²) in [5.41, 5.74) is 1.85. The molecule has 1 aliphatic carbocycles. The average Bonchev–Trinajstić information content (AvgIpc) is 3.14. The normalized spacial score (nSPS) is 15.3. The highest BCUT2D eigenvalue weighted by Gasteiger charge is 2.14. The molecule has 1 aromatic carbocycles. The molecule has 3 rings (SSSR count). The Morgan fingerprint density at radius 2 is 2.00 bits per heavy atom. The zero-order chi connectivity index (χ0) is 15.9. The zero-order valence-corrected chi connectivity index (χ0v) is 13.4. The second-order valence-electron chi connectivity index (χ2n) is 6.13. The number of benzene rings is 1. The number of carbonyl (C=O) groups is 1. The van der Waals surface area contributed by atoms with E-state index in [2.05, 4.69) is 15.7 Å². The van der Waals surface area contributed by atoms with E-state index in [0.29, 0.717) is 5.92 Å². The van der Waals surface area contributed by atoms with Gasteiger partial charge >= 0.3 is 0 Å². The molecular formula is C18H24N4O. The monoisotopic (exact) mass is 312 g/mol. The molecule has 1 amide bonds. The lowest BCUT2D eigenvalue weighted by Crippen LogP contribution is -2.34. The fraction of sp³-hybridized carbons (Fsp3) is 0.444. The summed E-state index contributed by atoms with van der Waals surface area (Å²) in [6.07, 6.45) is 10.1. The van der Waals surface area contributed by atoms with Crippen molar-refractivity contribution in [3.05, 3.63) is 42.7 Å². The van der Waals surface area contributed by atoms with Crippen LogP contribution in [-0.2, 0) is 4.79 Å². The van der Waals surface area contributed by atoms with Crippen LogP contribution >= 0.6 is 0 Å². The first-order valence-electron chi connectivity index (χ1n) is 8.42. The molecule has 1 saturated carbocycles. The summed E-state index contributed by atoms with van der Waals surface area (Å²) in [5.74, 6) is 0.704. The van der Waals surface area contributed by atoms with Gasteiger partial charge in [0.1, 0.15) is 0 Å². The number of amides is 1. The molecule has 1 aliphatic rings. The van der Waals surface area contributed by atoms with Gasteiger partial charge in [0.05, 0.1) is 17.9 Å². The van der Waals surface area contributed by atoms with Gasteiger partial charge in [0.25, 0.3) is 0 Å². The minimum Gasteiger partial charge on any atom is -0.374 e. The first-order valence-corrected chi connectivity index (χ1v) is 8.42. The van der Waals surface area contributed by atoms with Crippen molar-refractivity contribution in [1.29, 1.82) is 0 Å². The van der Waals surface area contributed by atoms with Gasteiger partial charge in [0.2, 0.25) is 5.91 Å². The SMILES string of the molecule is O=C(CNc1ccccc1-n1cccn1)NCC1CCCCC1. The van der Waals surface area contributed by atoms with E-state index in [1.165, 1.54) is 32.1 Å². The number of nitrogens with zero attached hydrogens (tertiary/aromatic N) is 2. The first kappa shape index (κ1) is 15.6. The van der Waals surface area contributed by atoms with E-state index in [4.69, 9.17) is 0 Å². The maximum Gasteiger partial charge on any atom is 0.239 e. The molecule has 1 fully saturated rings. The van der Waals surface area contributed by atoms with E-state index < -0.39 is 0 Å². The Morgan fingerprint density at radius 3 is 2.78 bits per heavy atom. The zero-order valence-electron chi connectivity index (χ0n) is 13.4. The Kier molecular flexibility index (Phi) is 5.29. The molecule has 5 heteroatoms. The number of aromatic nitrogens is 2. The molecule has 1 heterocycles. The number of carbonyl (C=O) groups excluding carboxylic acids is 1. The Bertz CT molecular complexity index is 618. The fourth-order valence-electron chi connectivity index (χ4n) is 3.12. The summed E-state index contributed by atoms with van der Waals surface area (Å²) in [4.78, 5) is 12.1. The summed E-state index contributed by atoms with van der Waals surface area (Å²) < 4.78 is 1.79. The Hall–Kier alpha value is -2.30. The van der Waals surface area contributed by atoms with Gasteiger partial charge in [-0.05, 0) is 37.0 Å². The van der Waals surface area contributed by atoms with Crippen molar-refractivity contribution in [2.24, 2.45) is 5.92 Å². The minimum atomic E-state index is 0.0471. The van der Waals surface area contributed by atoms with Crippen LogP contribution in [0, 0.1) is 5.92 Å². The molecule has 0 spiro atoms. The van der Waals surface area contributed by atoms with Gasteiger partial charge in [-0.3, -0.25) is 4.79 Å². The molecule has 1 aromatic heterocycles. The van der Waals surface area contributed by atoms with Gasteiger partial charge in [-0.25, -0.2) is 4.68 Å². The van der Waals surface area contributed by atoms with E-state index in [1.807, 2.05) is 36.5 Å². The maximum absolute atomic E-state index is 12.1. The van der Waals surface area contributed by atoms with E-state index in [1.54, 1.807) is 10.9 Å². The van der Waals surface area contributed by atoms with Crippen molar-refractivity contribution >= 4 is 11.6 Å². The van der Waals surface area contributed by atoms with E-state index in [-0.39, 0.29) is 12.5 Å². The fourth-order valence-corrected chi connectivity index (χ4v) is 3.12. The van der Waals surface area contributed by atoms with E-state index in [0.717, 1.165) is 17.9 Å². The highest BCUT2D eigenvalue weighted by atomic mass is 16.1. The van der Waals surface area contributed by atoms with Crippen LogP contribution in [0.1, 0.15) is 32.1 Å². The van der Waals surface area contributed by atoms with Gasteiger partial charge in [-0.2, -0.15) is 5.10 Å². The summed E-state index contributed by atoms with van der Waals surface area (Å²) in [6, 6.07) is 9.75. The van der Waals surface area contributed by atoms with Crippen LogP contribution in [0.2, 0.25) is 0 Å². The van der Waals surface area contributed by atoms with Crippen molar-refractivity contribution in [3.63, 3.8) is 0 Å². The molecule has 122 valence electrons. The summed E-state index contributed by atoms with van der Waals surface area (Å²) in [6.45, 7) is 1.09. The number of anilines is 1. The largest absolute Gasteiger partial charge is 0.374 e. The molecule has 0 unspecified atom stereocenters. The van der Waals surface area contributed by atoms with Crippen LogP contribution in [0.4, 0.5) is 5.69 Å². The predicted octanol–water partition coefficient (Wildman–Crippen LogP) is 2.98. The van der Waals surface area contributed by atoms with Crippen molar-refractivity contribution < 1.29 is 4.79 Å². The van der Waals surface area contributed by atoms with Gasteiger partial charge < -0.3 is 10.6 Å². The summed E-state index contributed by atoms with van der Waals surface area (Å²) >= 11 is 0. The van der Waals surface area contributed by atoms with E-state index >= 15 is 0 Å². The lowest BCUT2D eigenvalue weighted by Gasteiger charge is -2.21. The third kappa shape index (κ3) is 4.34. The summed E-state index contributed by atoms with van der Waals surface area (Å²) in [5, 5.41) is 10.5. The van der Waals surface area contributed by atoms with Crippen molar-refractivity contribution in [2.45, 2.75) is 32.1 Å². The quantitative estimate of drug-likeness (QED) is 0.862. The Balaban J connectivity index is 1.51. The van der Waals surface area contributed by atoms with Crippen LogP contribution < -0.4 is 10.6 Å². The first-order chi connectivity index (χ1) is 11.3. The lowest BCUT2D eigenvalue weighted by atomic mass is 9.89. The Labute approximate surface area is 137 Å². The molecule has 2 aromatic rings. The highest BCUT2D eigenvalue weighted by molar-refractivity contribution is 5.81. The van der Waals surface area contributed by atoms with Crippen LogP contribution in [0.15, 0.2) is 42.7 Å². The average molecular weight is 312 g/mol. The second kappa shape index (κ2) is 7.81.